The van der Waals surface area contributed by atoms with E-state index in [1.54, 1.807) is 19.9 Å². The molecule has 0 atom stereocenters. The quantitative estimate of drug-likeness (QED) is 0.651. The van der Waals surface area contributed by atoms with Crippen LogP contribution >= 0.6 is 27.3 Å². The van der Waals surface area contributed by atoms with Gasteiger partial charge in [-0.1, -0.05) is 6.92 Å². The van der Waals surface area contributed by atoms with Crippen LogP contribution in [0.15, 0.2) is 14.7 Å². The summed E-state index contributed by atoms with van der Waals surface area (Å²) in [5.41, 5.74) is 0. The highest BCUT2D eigenvalue weighted by Crippen LogP contribution is 2.29. The van der Waals surface area contributed by atoms with Crippen molar-refractivity contribution in [3.05, 3.63) is 14.7 Å². The highest BCUT2D eigenvalue weighted by molar-refractivity contribution is 9.11. The van der Waals surface area contributed by atoms with Crippen molar-refractivity contribution in [1.82, 2.24) is 9.03 Å². The number of hydrogen-bond acceptors (Lipinski definition) is 5. The molecule has 122 valence electrons. The minimum atomic E-state index is -3.55. The lowest BCUT2D eigenvalue weighted by Gasteiger charge is -2.17. The van der Waals surface area contributed by atoms with E-state index in [9.17, 15) is 16.8 Å². The van der Waals surface area contributed by atoms with Gasteiger partial charge in [0, 0.05) is 24.5 Å². The summed E-state index contributed by atoms with van der Waals surface area (Å²) >= 11 is 4.62. The summed E-state index contributed by atoms with van der Waals surface area (Å²) in [6.45, 7) is 4.36. The van der Waals surface area contributed by atoms with Gasteiger partial charge >= 0.3 is 0 Å². The normalized spacial score (nSPS) is 13.0. The molecule has 0 fully saturated rings. The number of halogens is 1. The van der Waals surface area contributed by atoms with Crippen LogP contribution in [0.25, 0.3) is 0 Å². The fourth-order valence-electron chi connectivity index (χ4n) is 1.80. The zero-order valence-electron chi connectivity index (χ0n) is 12.1. The van der Waals surface area contributed by atoms with Gasteiger partial charge in [0.05, 0.1) is 14.9 Å². The number of nitrogens with one attached hydrogen (secondary N) is 1. The Hall–Kier alpha value is -0.000000000000000111. The molecule has 0 radical (unpaired) electrons. The molecule has 1 N–H and O–H groups in total. The van der Waals surface area contributed by atoms with Crippen LogP contribution < -0.4 is 4.72 Å². The van der Waals surface area contributed by atoms with Gasteiger partial charge in [0.25, 0.3) is 0 Å². The second-order valence-corrected chi connectivity index (χ2v) is 10.8. The van der Waals surface area contributed by atoms with Gasteiger partial charge in [-0.2, -0.15) is 0 Å². The van der Waals surface area contributed by atoms with Crippen LogP contribution in [0.3, 0.4) is 0 Å². The lowest BCUT2D eigenvalue weighted by molar-refractivity contribution is 0.424. The summed E-state index contributed by atoms with van der Waals surface area (Å²) in [6, 6.07) is 1.57. The van der Waals surface area contributed by atoms with Gasteiger partial charge in [0.2, 0.25) is 20.0 Å². The van der Waals surface area contributed by atoms with Crippen molar-refractivity contribution in [2.24, 2.45) is 0 Å². The maximum atomic E-state index is 12.1. The molecule has 0 bridgehead atoms. The van der Waals surface area contributed by atoms with Crippen LogP contribution in [0.5, 0.6) is 0 Å². The molecule has 1 rings (SSSR count). The van der Waals surface area contributed by atoms with E-state index in [2.05, 4.69) is 20.7 Å². The summed E-state index contributed by atoms with van der Waals surface area (Å²) in [6.07, 6.45) is 1.57. The molecule has 21 heavy (non-hydrogen) atoms. The molecule has 0 saturated carbocycles. The maximum absolute atomic E-state index is 12.1. The van der Waals surface area contributed by atoms with Crippen molar-refractivity contribution in [2.75, 3.05) is 25.9 Å². The van der Waals surface area contributed by atoms with E-state index in [4.69, 9.17) is 0 Å². The second kappa shape index (κ2) is 7.51. The fraction of sp³-hybridized carbons (Fsp3) is 0.636. The number of aryl methyl sites for hydroxylation is 1. The largest absolute Gasteiger partial charge is 0.241 e. The van der Waals surface area contributed by atoms with E-state index >= 15 is 0 Å². The van der Waals surface area contributed by atoms with E-state index in [1.807, 2.05) is 0 Å². The third-order valence-electron chi connectivity index (χ3n) is 2.83. The average molecular weight is 419 g/mol. The smallest absolute Gasteiger partial charge is 0.213 e. The molecular weight excluding hydrogens is 400 g/mol. The Morgan fingerprint density at radius 3 is 2.38 bits per heavy atom. The van der Waals surface area contributed by atoms with Crippen molar-refractivity contribution in [3.8, 4) is 0 Å². The molecule has 0 aliphatic rings. The summed E-state index contributed by atoms with van der Waals surface area (Å²) in [5.74, 6) is 0. The van der Waals surface area contributed by atoms with Crippen LogP contribution in [0.2, 0.25) is 0 Å². The Labute approximate surface area is 138 Å². The molecule has 6 nitrogen and oxygen atoms in total. The van der Waals surface area contributed by atoms with Gasteiger partial charge in [-0.05, 0) is 35.3 Å². The summed E-state index contributed by atoms with van der Waals surface area (Å²) in [7, 11) is -6.78. The van der Waals surface area contributed by atoms with Crippen molar-refractivity contribution >= 4 is 47.3 Å². The topological polar surface area (TPSA) is 83.6 Å². The minimum absolute atomic E-state index is 0.196. The van der Waals surface area contributed by atoms with E-state index in [0.29, 0.717) is 24.4 Å². The van der Waals surface area contributed by atoms with Crippen molar-refractivity contribution < 1.29 is 16.8 Å². The monoisotopic (exact) mass is 418 g/mol. The maximum Gasteiger partial charge on any atom is 0.241 e. The van der Waals surface area contributed by atoms with Crippen molar-refractivity contribution in [1.29, 1.82) is 0 Å². The lowest BCUT2D eigenvalue weighted by Crippen LogP contribution is -2.33. The zero-order valence-corrected chi connectivity index (χ0v) is 16.1. The van der Waals surface area contributed by atoms with Crippen LogP contribution in [0, 0.1) is 6.92 Å². The second-order valence-electron chi connectivity index (χ2n) is 4.48. The lowest BCUT2D eigenvalue weighted by atomic mass is 10.4. The van der Waals surface area contributed by atoms with Gasteiger partial charge in [-0.15, -0.1) is 11.3 Å². The van der Waals surface area contributed by atoms with Gasteiger partial charge in [0.1, 0.15) is 0 Å². The third-order valence-corrected chi connectivity index (χ3v) is 7.48. The molecule has 0 amide bonds. The van der Waals surface area contributed by atoms with Gasteiger partial charge in [-0.3, -0.25) is 0 Å². The number of rotatable bonds is 8. The molecule has 1 aromatic rings. The van der Waals surface area contributed by atoms with Gasteiger partial charge in [-0.25, -0.2) is 25.9 Å². The van der Waals surface area contributed by atoms with Crippen molar-refractivity contribution in [3.63, 3.8) is 0 Å². The Bertz CT molecular complexity index is 682. The molecule has 1 heterocycles. The van der Waals surface area contributed by atoms with E-state index in [1.165, 1.54) is 15.6 Å². The molecule has 0 aliphatic heterocycles. The zero-order chi connectivity index (χ0) is 16.3. The minimum Gasteiger partial charge on any atom is -0.213 e. The molecule has 0 aliphatic carbocycles. The SMILES string of the molecule is CCN(CCCNS(=O)(=O)c1cc(Br)sc1C)S(C)(=O)=O. The molecule has 1 aromatic heterocycles. The number of hydrogen-bond donors (Lipinski definition) is 1. The van der Waals surface area contributed by atoms with Crippen LogP contribution in [0.1, 0.15) is 18.2 Å². The Morgan fingerprint density at radius 2 is 1.95 bits per heavy atom. The van der Waals surface area contributed by atoms with Gasteiger partial charge < -0.3 is 0 Å². The van der Waals surface area contributed by atoms with E-state index in [-0.39, 0.29) is 11.4 Å². The molecule has 0 unspecified atom stereocenters. The van der Waals surface area contributed by atoms with Crippen LogP contribution in [-0.2, 0) is 20.0 Å². The highest BCUT2D eigenvalue weighted by Gasteiger charge is 2.19. The van der Waals surface area contributed by atoms with Crippen molar-refractivity contribution in [2.45, 2.75) is 25.2 Å². The molecular formula is C11H19BrN2O4S3. The first-order valence-corrected chi connectivity index (χ1v) is 11.2. The van der Waals surface area contributed by atoms with Gasteiger partial charge in [0.15, 0.2) is 0 Å². The van der Waals surface area contributed by atoms with E-state index in [0.717, 1.165) is 10.0 Å². The van der Waals surface area contributed by atoms with Crippen LogP contribution in [-0.4, -0.2) is 47.0 Å². The molecule has 10 heteroatoms. The molecule has 0 spiro atoms. The summed E-state index contributed by atoms with van der Waals surface area (Å²) in [5, 5.41) is 0. The summed E-state index contributed by atoms with van der Waals surface area (Å²) in [4.78, 5) is 0.968. The first-order valence-electron chi connectivity index (χ1n) is 6.28. The standard InChI is InChI=1S/C11H19BrN2O4S3/c1-4-14(20(3,15)16)7-5-6-13-21(17,18)10-8-11(12)19-9(10)2/h8,13H,4-7H2,1-3H3. The fourth-order valence-corrected chi connectivity index (χ4v) is 6.21. The van der Waals surface area contributed by atoms with Crippen LogP contribution in [0.4, 0.5) is 0 Å². The number of sulfonamides is 2. The summed E-state index contributed by atoms with van der Waals surface area (Å²) < 4.78 is 51.6. The Kier molecular flexibility index (Phi) is 6.81. The molecule has 0 aromatic carbocycles. The number of thiophene rings is 1. The number of nitrogens with zero attached hydrogens (tertiary/aromatic N) is 1. The predicted octanol–water partition coefficient (Wildman–Crippen LogP) is 1.77. The third kappa shape index (κ3) is 5.61. The first-order chi connectivity index (χ1) is 9.58. The Morgan fingerprint density at radius 1 is 1.33 bits per heavy atom. The predicted molar refractivity (Wildman–Crippen MR) is 88.7 cm³/mol. The van der Waals surface area contributed by atoms with E-state index < -0.39 is 20.0 Å². The molecule has 0 saturated heterocycles. The first kappa shape index (κ1) is 19.0. The average Bonchev–Trinajstić information content (AvgIpc) is 2.67. The highest BCUT2D eigenvalue weighted by atomic mass is 79.9. The Balaban J connectivity index is 2.58.